The van der Waals surface area contributed by atoms with Crippen LogP contribution in [0.2, 0.25) is 0 Å². The van der Waals surface area contributed by atoms with E-state index in [1.54, 1.807) is 25.2 Å². The van der Waals surface area contributed by atoms with E-state index in [-0.39, 0.29) is 27.1 Å². The number of nitro groups is 2. The molecule has 3 rings (SSSR count). The van der Waals surface area contributed by atoms with Crippen molar-refractivity contribution >= 4 is 28.0 Å². The fraction of sp³-hybridized carbons (Fsp3) is 0.385. The second kappa shape index (κ2) is 9.96. The molecule has 0 aliphatic rings. The summed E-state index contributed by atoms with van der Waals surface area (Å²) in [5.41, 5.74) is 3.75. The number of aryl methyl sites for hydroxylation is 1. The van der Waals surface area contributed by atoms with Gasteiger partial charge in [0.15, 0.2) is 0 Å². The first-order chi connectivity index (χ1) is 15.6. The molecule has 1 heterocycles. The van der Waals surface area contributed by atoms with Crippen LogP contribution >= 0.6 is 0 Å². The largest absolute Gasteiger partial charge is 0.387 e. The van der Waals surface area contributed by atoms with E-state index < -0.39 is 4.92 Å². The average Bonchev–Trinajstić information content (AvgIpc) is 3.08. The van der Waals surface area contributed by atoms with Gasteiger partial charge < -0.3 is 9.88 Å². The van der Waals surface area contributed by atoms with E-state index in [1.165, 1.54) is 17.8 Å². The quantitative estimate of drug-likeness (QED) is 0.274. The molecule has 0 amide bonds. The van der Waals surface area contributed by atoms with Crippen LogP contribution in [0.1, 0.15) is 52.8 Å². The van der Waals surface area contributed by atoms with Gasteiger partial charge >= 0.3 is 0 Å². The van der Waals surface area contributed by atoms with E-state index >= 15 is 0 Å². The lowest BCUT2D eigenvalue weighted by molar-refractivity contribution is -0.385. The summed E-state index contributed by atoms with van der Waals surface area (Å²) in [4.78, 5) is 20.6. The monoisotopic (exact) mass is 464 g/mol. The third kappa shape index (κ3) is 6.58. The van der Waals surface area contributed by atoms with Crippen molar-refractivity contribution in [3.8, 4) is 11.8 Å². The smallest absolute Gasteiger partial charge is 0.270 e. The Labute approximate surface area is 200 Å². The molecule has 1 N–H and O–H groups in total. The van der Waals surface area contributed by atoms with Crippen molar-refractivity contribution < 1.29 is 9.85 Å². The van der Waals surface area contributed by atoms with Crippen molar-refractivity contribution in [3.63, 3.8) is 0 Å². The van der Waals surface area contributed by atoms with Crippen molar-refractivity contribution in [2.45, 2.75) is 47.0 Å². The van der Waals surface area contributed by atoms with Crippen LogP contribution in [0.15, 0.2) is 42.5 Å². The van der Waals surface area contributed by atoms with E-state index in [2.05, 4.69) is 42.5 Å². The Morgan fingerprint density at radius 3 is 1.94 bits per heavy atom. The van der Waals surface area contributed by atoms with Gasteiger partial charge in [0.1, 0.15) is 0 Å². The van der Waals surface area contributed by atoms with Crippen LogP contribution in [0.4, 0.5) is 17.1 Å². The summed E-state index contributed by atoms with van der Waals surface area (Å²) in [6.45, 7) is 12.4. The molecule has 3 aromatic rings. The molecule has 0 aliphatic carbocycles. The van der Waals surface area contributed by atoms with Crippen molar-refractivity contribution in [3.05, 3.63) is 74.0 Å². The molecule has 180 valence electrons. The van der Waals surface area contributed by atoms with Crippen LogP contribution in [0.5, 0.6) is 0 Å². The van der Waals surface area contributed by atoms with E-state index in [9.17, 15) is 20.2 Å². The Hall–Kier alpha value is -3.86. The number of aromatic nitrogens is 1. The number of rotatable bonds is 3. The molecule has 34 heavy (non-hydrogen) atoms. The third-order valence-corrected chi connectivity index (χ3v) is 5.06. The average molecular weight is 465 g/mol. The van der Waals surface area contributed by atoms with Gasteiger partial charge in [0.25, 0.3) is 11.4 Å². The first-order valence-corrected chi connectivity index (χ1v) is 10.9. The second-order valence-electron chi connectivity index (χ2n) is 10.1. The van der Waals surface area contributed by atoms with Crippen LogP contribution in [0.3, 0.4) is 0 Å². The molecule has 0 atom stereocenters. The summed E-state index contributed by atoms with van der Waals surface area (Å²) < 4.78 is 2.10. The van der Waals surface area contributed by atoms with Crippen LogP contribution in [0, 0.1) is 37.5 Å². The van der Waals surface area contributed by atoms with Crippen LogP contribution in [-0.4, -0.2) is 21.5 Å². The lowest BCUT2D eigenvalue weighted by Gasteiger charge is -2.19. The number of nitro benzene ring substituents is 2. The fourth-order valence-electron chi connectivity index (χ4n) is 3.39. The summed E-state index contributed by atoms with van der Waals surface area (Å²) >= 11 is 0. The van der Waals surface area contributed by atoms with Gasteiger partial charge in [0.05, 0.1) is 21.1 Å². The van der Waals surface area contributed by atoms with Gasteiger partial charge in [-0.25, -0.2) is 0 Å². The first-order valence-electron chi connectivity index (χ1n) is 10.9. The maximum atomic E-state index is 10.7. The molecule has 0 saturated heterocycles. The minimum Gasteiger partial charge on any atom is -0.387 e. The van der Waals surface area contributed by atoms with Crippen molar-refractivity contribution in [2.24, 2.45) is 12.5 Å². The van der Waals surface area contributed by atoms with Crippen molar-refractivity contribution in [1.82, 2.24) is 4.57 Å². The van der Waals surface area contributed by atoms with Crippen molar-refractivity contribution in [2.75, 3.05) is 12.4 Å². The van der Waals surface area contributed by atoms with Gasteiger partial charge in [0.2, 0.25) is 0 Å². The van der Waals surface area contributed by atoms with Gasteiger partial charge in [-0.3, -0.25) is 20.2 Å². The van der Waals surface area contributed by atoms with Gasteiger partial charge in [-0.15, -0.1) is 0 Å². The molecule has 1 aromatic heterocycles. The molecule has 0 radical (unpaired) electrons. The van der Waals surface area contributed by atoms with Crippen LogP contribution in [-0.2, 0) is 12.5 Å². The Bertz CT molecular complexity index is 1280. The highest BCUT2D eigenvalue weighted by Crippen LogP contribution is 2.30. The highest BCUT2D eigenvalue weighted by molar-refractivity contribution is 5.84. The molecule has 0 fully saturated rings. The van der Waals surface area contributed by atoms with E-state index in [4.69, 9.17) is 0 Å². The highest BCUT2D eigenvalue weighted by atomic mass is 16.6. The summed E-state index contributed by atoms with van der Waals surface area (Å²) in [6.07, 6.45) is 0. The van der Waals surface area contributed by atoms with Gasteiger partial charge in [0, 0.05) is 65.8 Å². The summed E-state index contributed by atoms with van der Waals surface area (Å²) in [6, 6.07) is 11.6. The minimum absolute atomic E-state index is 0.0303. The predicted octanol–water partition coefficient (Wildman–Crippen LogP) is 6.42. The molecule has 0 saturated carbocycles. The fourth-order valence-corrected chi connectivity index (χ4v) is 3.39. The lowest BCUT2D eigenvalue weighted by atomic mass is 9.92. The molecular weight excluding hydrogens is 432 g/mol. The molecule has 0 spiro atoms. The summed E-state index contributed by atoms with van der Waals surface area (Å²) in [5.74, 6) is 6.05. The number of benzene rings is 2. The SMILES string of the molecule is CNc1ccc([N+](=O)[O-])cc1C#CC(C)(C)C.Cn1c(C(C)(C)C)cc2cc([N+](=O)[O-])ccc21. The zero-order valence-corrected chi connectivity index (χ0v) is 21.0. The Balaban J connectivity index is 0.000000240. The Kier molecular flexibility index (Phi) is 7.73. The maximum absolute atomic E-state index is 10.7. The maximum Gasteiger partial charge on any atom is 0.270 e. The molecule has 0 bridgehead atoms. The third-order valence-electron chi connectivity index (χ3n) is 5.06. The van der Waals surface area contributed by atoms with Gasteiger partial charge in [-0.1, -0.05) is 32.6 Å². The number of fused-ring (bicyclic) bond motifs is 1. The molecule has 8 nitrogen and oxygen atoms in total. The summed E-state index contributed by atoms with van der Waals surface area (Å²) in [5, 5.41) is 25.3. The normalized spacial score (nSPS) is 11.2. The molecular formula is C26H32N4O4. The van der Waals surface area contributed by atoms with Gasteiger partial charge in [-0.2, -0.15) is 0 Å². The number of anilines is 1. The topological polar surface area (TPSA) is 103 Å². The van der Waals surface area contributed by atoms with Crippen LogP contribution in [0.25, 0.3) is 10.9 Å². The molecule has 2 aromatic carbocycles. The number of hydrogen-bond acceptors (Lipinski definition) is 5. The first kappa shape index (κ1) is 26.4. The zero-order chi connectivity index (χ0) is 25.8. The lowest BCUT2D eigenvalue weighted by Crippen LogP contribution is -2.15. The second-order valence-corrected chi connectivity index (χ2v) is 10.1. The van der Waals surface area contributed by atoms with E-state index in [1.807, 2.05) is 40.0 Å². The number of non-ortho nitro benzene ring substituents is 2. The van der Waals surface area contributed by atoms with E-state index in [0.29, 0.717) is 5.56 Å². The van der Waals surface area contributed by atoms with Gasteiger partial charge in [-0.05, 0) is 39.0 Å². The van der Waals surface area contributed by atoms with Crippen LogP contribution < -0.4 is 5.32 Å². The predicted molar refractivity (Wildman–Crippen MR) is 137 cm³/mol. The standard InChI is InChI=1S/2C13H16N2O2/c1-13(2,3)12-8-9-7-10(15(16)17)5-6-11(9)14(12)4;1-13(2,3)8-7-10-9-11(15(16)17)5-6-12(10)14-4/h5-8H,1-4H3;5-6,9,14H,1-4H3. The van der Waals surface area contributed by atoms with E-state index in [0.717, 1.165) is 16.6 Å². The Morgan fingerprint density at radius 2 is 1.44 bits per heavy atom. The molecule has 0 aliphatic heterocycles. The summed E-state index contributed by atoms with van der Waals surface area (Å²) in [7, 11) is 3.76. The minimum atomic E-state index is -0.415. The number of nitrogens with zero attached hydrogens (tertiary/aromatic N) is 3. The molecule has 8 heteroatoms. The highest BCUT2D eigenvalue weighted by Gasteiger charge is 2.20. The number of hydrogen-bond donors (Lipinski definition) is 1. The van der Waals surface area contributed by atoms with Crippen molar-refractivity contribution in [1.29, 1.82) is 0 Å². The zero-order valence-electron chi connectivity index (χ0n) is 21.0. The molecule has 0 unspecified atom stereocenters. The number of nitrogens with one attached hydrogen (secondary N) is 1. The Morgan fingerprint density at radius 1 is 0.882 bits per heavy atom.